The van der Waals surface area contributed by atoms with Gasteiger partial charge in [-0.25, -0.2) is 18.4 Å². The number of hydrogen-bond donors (Lipinski definition) is 1. The fraction of sp³-hybridized carbons (Fsp3) is 0.360. The first-order valence-corrected chi connectivity index (χ1v) is 11.5. The second kappa shape index (κ2) is 9.50. The molecule has 1 aromatic carbocycles. The van der Waals surface area contributed by atoms with E-state index in [0.29, 0.717) is 6.07 Å². The van der Waals surface area contributed by atoms with Gasteiger partial charge in [-0.15, -0.1) is 0 Å². The van der Waals surface area contributed by atoms with Crippen LogP contribution in [0.15, 0.2) is 41.3 Å². The normalized spacial score (nSPS) is 17.2. The van der Waals surface area contributed by atoms with E-state index in [2.05, 4.69) is 9.97 Å². The Balaban J connectivity index is 1.56. The van der Waals surface area contributed by atoms with Crippen molar-refractivity contribution < 1.29 is 41.3 Å². The first-order chi connectivity index (χ1) is 18.0. The number of halogens is 5. The summed E-state index contributed by atoms with van der Waals surface area (Å²) in [7, 11) is 0. The quantitative estimate of drug-likeness (QED) is 0.409. The van der Waals surface area contributed by atoms with Gasteiger partial charge in [0, 0.05) is 18.3 Å². The molecule has 1 aliphatic heterocycles. The molecule has 2 aromatic heterocycles. The maximum atomic E-state index is 14.6. The van der Waals surface area contributed by atoms with Gasteiger partial charge in [0.15, 0.2) is 17.4 Å². The fourth-order valence-corrected chi connectivity index (χ4v) is 4.09. The maximum absolute atomic E-state index is 14.6. The third-order valence-corrected chi connectivity index (χ3v) is 6.65. The number of nitrogens with zero attached hydrogens (tertiary/aromatic N) is 4. The predicted molar refractivity (Wildman–Crippen MR) is 127 cm³/mol. The second-order valence-electron chi connectivity index (χ2n) is 10.1. The Hall–Kier alpha value is -4.23. The minimum Gasteiger partial charge on any atom is -0.473 e. The van der Waals surface area contributed by atoms with Crippen LogP contribution < -0.4 is 20.1 Å². The molecule has 0 unspecified atom stereocenters. The van der Waals surface area contributed by atoms with Gasteiger partial charge in [0.05, 0.1) is 12.1 Å². The summed E-state index contributed by atoms with van der Waals surface area (Å²) in [4.78, 5) is 32.8. The molecular formula is C25H23F5N4O5. The summed E-state index contributed by atoms with van der Waals surface area (Å²) >= 11 is 0. The second-order valence-corrected chi connectivity index (χ2v) is 10.1. The molecule has 0 radical (unpaired) electrons. The number of ether oxygens (including phenoxy) is 2. The Morgan fingerprint density at radius 3 is 2.33 bits per heavy atom. The molecular weight excluding hydrogens is 531 g/mol. The standard InChI is InChI=1S/C25H23F5N4O5/c1-23(2,3)24(4)12-33-19(34(24)22(36)37)10-18(32-21(33)35)38-11-13-7-15(26)20(16(27)8-13)39-14-5-6-31-17(9-14)25(28,29)30/h5-10H,11-12H2,1-4H3,(H,36,37)/t24-/m1/s1. The Morgan fingerprint density at radius 2 is 1.77 bits per heavy atom. The molecule has 14 heteroatoms. The maximum Gasteiger partial charge on any atom is 0.433 e. The van der Waals surface area contributed by atoms with Crippen molar-refractivity contribution in [1.82, 2.24) is 14.5 Å². The van der Waals surface area contributed by atoms with Gasteiger partial charge in [-0.05, 0) is 36.1 Å². The zero-order valence-electron chi connectivity index (χ0n) is 21.1. The van der Waals surface area contributed by atoms with E-state index >= 15 is 0 Å². The van der Waals surface area contributed by atoms with Crippen molar-refractivity contribution in [3.05, 3.63) is 69.9 Å². The summed E-state index contributed by atoms with van der Waals surface area (Å²) in [5, 5.41) is 9.89. The van der Waals surface area contributed by atoms with Gasteiger partial charge >= 0.3 is 18.0 Å². The summed E-state index contributed by atoms with van der Waals surface area (Å²) in [6.45, 7) is 6.81. The first kappa shape index (κ1) is 27.8. The van der Waals surface area contributed by atoms with Crippen LogP contribution in [0.2, 0.25) is 0 Å². The highest BCUT2D eigenvalue weighted by atomic mass is 19.4. The zero-order chi connectivity index (χ0) is 28.9. The molecule has 3 heterocycles. The van der Waals surface area contributed by atoms with Crippen molar-refractivity contribution in [3.63, 3.8) is 0 Å². The van der Waals surface area contributed by atoms with Gasteiger partial charge in [-0.2, -0.15) is 18.2 Å². The lowest BCUT2D eigenvalue weighted by molar-refractivity contribution is -0.141. The minimum atomic E-state index is -4.78. The smallest absolute Gasteiger partial charge is 0.433 e. The van der Waals surface area contributed by atoms with Crippen molar-refractivity contribution in [2.75, 3.05) is 4.90 Å². The fourth-order valence-electron chi connectivity index (χ4n) is 4.09. The Labute approximate surface area is 218 Å². The lowest BCUT2D eigenvalue weighted by Crippen LogP contribution is -2.55. The summed E-state index contributed by atoms with van der Waals surface area (Å²) in [5.41, 5.74) is -3.66. The van der Waals surface area contributed by atoms with E-state index < -0.39 is 64.3 Å². The van der Waals surface area contributed by atoms with Crippen molar-refractivity contribution >= 4 is 11.9 Å². The molecule has 1 amide bonds. The third kappa shape index (κ3) is 5.22. The summed E-state index contributed by atoms with van der Waals surface area (Å²) < 4.78 is 79.5. The molecule has 0 aliphatic carbocycles. The number of pyridine rings is 1. The molecule has 39 heavy (non-hydrogen) atoms. The largest absolute Gasteiger partial charge is 0.473 e. The predicted octanol–water partition coefficient (Wildman–Crippen LogP) is 5.61. The number of carboxylic acid groups (broad SMARTS) is 1. The van der Waals surface area contributed by atoms with Gasteiger partial charge < -0.3 is 14.6 Å². The van der Waals surface area contributed by atoms with E-state index in [1.54, 1.807) is 6.92 Å². The van der Waals surface area contributed by atoms with Crippen LogP contribution in [-0.4, -0.2) is 31.3 Å². The average Bonchev–Trinajstić information content (AvgIpc) is 3.14. The molecule has 0 saturated carbocycles. The number of fused-ring (bicyclic) bond motifs is 1. The minimum absolute atomic E-state index is 0.0339. The van der Waals surface area contributed by atoms with Gasteiger partial charge in [0.1, 0.15) is 23.9 Å². The van der Waals surface area contributed by atoms with Crippen molar-refractivity contribution in [3.8, 4) is 17.4 Å². The van der Waals surface area contributed by atoms with E-state index in [1.807, 2.05) is 20.8 Å². The Kier molecular flexibility index (Phi) is 6.77. The Bertz CT molecular complexity index is 1480. The van der Waals surface area contributed by atoms with Crippen LogP contribution in [0.4, 0.5) is 32.6 Å². The van der Waals surface area contributed by atoms with Crippen LogP contribution >= 0.6 is 0 Å². The van der Waals surface area contributed by atoms with Crippen molar-refractivity contribution in [2.45, 2.75) is 52.6 Å². The lowest BCUT2D eigenvalue weighted by atomic mass is 9.74. The molecule has 1 aliphatic rings. The SMILES string of the molecule is CC(C)(C)[C@@]1(C)Cn2c(cc(OCc3cc(F)c(Oc4ccnc(C(F)(F)F)c4)c(F)c3)nc2=O)N1C(=O)O. The molecule has 0 spiro atoms. The number of anilines is 1. The number of amides is 1. The van der Waals surface area contributed by atoms with Gasteiger partial charge in [-0.1, -0.05) is 20.8 Å². The van der Waals surface area contributed by atoms with Gasteiger partial charge in [0.25, 0.3) is 0 Å². The van der Waals surface area contributed by atoms with E-state index in [-0.39, 0.29) is 23.8 Å². The summed E-state index contributed by atoms with van der Waals surface area (Å²) in [6.07, 6.45) is -5.28. The van der Waals surface area contributed by atoms with Gasteiger partial charge in [-0.3, -0.25) is 14.5 Å². The third-order valence-electron chi connectivity index (χ3n) is 6.65. The van der Waals surface area contributed by atoms with Crippen LogP contribution in [-0.2, 0) is 19.3 Å². The van der Waals surface area contributed by atoms with Gasteiger partial charge in [0.2, 0.25) is 5.88 Å². The molecule has 208 valence electrons. The van der Waals surface area contributed by atoms with Crippen molar-refractivity contribution in [1.29, 1.82) is 0 Å². The molecule has 1 atom stereocenters. The highest BCUT2D eigenvalue weighted by Crippen LogP contribution is 2.44. The highest BCUT2D eigenvalue weighted by molar-refractivity contribution is 5.88. The molecule has 9 nitrogen and oxygen atoms in total. The number of benzene rings is 1. The Morgan fingerprint density at radius 1 is 1.13 bits per heavy atom. The lowest BCUT2D eigenvalue weighted by Gasteiger charge is -2.43. The number of hydrogen-bond acceptors (Lipinski definition) is 6. The highest BCUT2D eigenvalue weighted by Gasteiger charge is 2.52. The van der Waals surface area contributed by atoms with E-state index in [1.165, 1.54) is 10.6 Å². The number of rotatable bonds is 5. The summed E-state index contributed by atoms with van der Waals surface area (Å²) in [6, 6.07) is 4.43. The van der Waals surface area contributed by atoms with Crippen LogP contribution in [0.5, 0.6) is 17.4 Å². The molecule has 1 N–H and O–H groups in total. The number of aromatic nitrogens is 3. The molecule has 0 bridgehead atoms. The molecule has 0 saturated heterocycles. The molecule has 4 rings (SSSR count). The average molecular weight is 554 g/mol. The number of alkyl halides is 3. The monoisotopic (exact) mass is 554 g/mol. The summed E-state index contributed by atoms with van der Waals surface area (Å²) in [5.74, 6) is -4.10. The molecule has 0 fully saturated rings. The zero-order valence-corrected chi connectivity index (χ0v) is 21.1. The van der Waals surface area contributed by atoms with Crippen LogP contribution in [0.25, 0.3) is 0 Å². The molecule has 3 aromatic rings. The van der Waals surface area contributed by atoms with E-state index in [0.717, 1.165) is 29.3 Å². The van der Waals surface area contributed by atoms with E-state index in [9.17, 15) is 36.6 Å². The topological polar surface area (TPSA) is 107 Å². The van der Waals surface area contributed by atoms with Crippen LogP contribution in [0, 0.1) is 17.0 Å². The van der Waals surface area contributed by atoms with E-state index in [4.69, 9.17) is 9.47 Å². The van der Waals surface area contributed by atoms with Crippen molar-refractivity contribution in [2.24, 2.45) is 5.41 Å². The van der Waals surface area contributed by atoms with Crippen LogP contribution in [0.3, 0.4) is 0 Å². The number of carbonyl (C=O) groups is 1. The van der Waals surface area contributed by atoms with Crippen LogP contribution in [0.1, 0.15) is 39.0 Å². The first-order valence-electron chi connectivity index (χ1n) is 11.5.